The SMILES string of the molecule is Cc1cccc(NC(=O)NCC(c2cccs2)N2CCN(C)CC2)c1. The van der Waals surface area contributed by atoms with Crippen molar-refractivity contribution >= 4 is 23.1 Å². The lowest BCUT2D eigenvalue weighted by molar-refractivity contribution is 0.113. The van der Waals surface area contributed by atoms with E-state index in [2.05, 4.69) is 45.0 Å². The molecule has 0 spiro atoms. The molecule has 5 nitrogen and oxygen atoms in total. The number of thiophene rings is 1. The first-order valence-corrected chi connectivity index (χ1v) is 9.57. The van der Waals surface area contributed by atoms with Crippen molar-refractivity contribution in [3.8, 4) is 0 Å². The first kappa shape index (κ1) is 17.9. The second-order valence-electron chi connectivity index (χ2n) is 6.57. The van der Waals surface area contributed by atoms with Crippen molar-refractivity contribution < 1.29 is 4.79 Å². The van der Waals surface area contributed by atoms with Crippen molar-refractivity contribution in [3.05, 3.63) is 52.2 Å². The third-order valence-electron chi connectivity index (χ3n) is 4.58. The zero-order valence-corrected chi connectivity index (χ0v) is 15.7. The van der Waals surface area contributed by atoms with E-state index in [1.807, 2.05) is 31.2 Å². The smallest absolute Gasteiger partial charge is 0.319 e. The summed E-state index contributed by atoms with van der Waals surface area (Å²) in [5.41, 5.74) is 1.96. The maximum atomic E-state index is 12.3. The summed E-state index contributed by atoms with van der Waals surface area (Å²) in [6.45, 7) is 6.82. The normalized spacial score (nSPS) is 17.2. The van der Waals surface area contributed by atoms with Gasteiger partial charge in [-0.3, -0.25) is 4.90 Å². The number of nitrogens with zero attached hydrogens (tertiary/aromatic N) is 2. The molecule has 1 aromatic heterocycles. The number of likely N-dealkylation sites (N-methyl/N-ethyl adjacent to an activating group) is 1. The van der Waals surface area contributed by atoms with Crippen LogP contribution in [0.3, 0.4) is 0 Å². The molecule has 2 heterocycles. The number of urea groups is 1. The Morgan fingerprint density at radius 3 is 2.68 bits per heavy atom. The second kappa shape index (κ2) is 8.47. The van der Waals surface area contributed by atoms with Crippen LogP contribution >= 0.6 is 11.3 Å². The predicted octanol–water partition coefficient (Wildman–Crippen LogP) is 3.17. The lowest BCUT2D eigenvalue weighted by Crippen LogP contribution is -2.48. The molecule has 0 saturated carbocycles. The largest absolute Gasteiger partial charge is 0.336 e. The average Bonchev–Trinajstić information content (AvgIpc) is 3.11. The van der Waals surface area contributed by atoms with Gasteiger partial charge >= 0.3 is 6.03 Å². The number of nitrogens with one attached hydrogen (secondary N) is 2. The van der Waals surface area contributed by atoms with E-state index in [-0.39, 0.29) is 12.1 Å². The highest BCUT2D eigenvalue weighted by Gasteiger charge is 2.25. The molecular weight excluding hydrogens is 332 g/mol. The Balaban J connectivity index is 1.59. The number of piperazine rings is 1. The van der Waals surface area contributed by atoms with Crippen LogP contribution in [0.4, 0.5) is 10.5 Å². The highest BCUT2D eigenvalue weighted by atomic mass is 32.1. The Kier molecular flexibility index (Phi) is 6.07. The van der Waals surface area contributed by atoms with Crippen molar-refractivity contribution in [1.82, 2.24) is 15.1 Å². The van der Waals surface area contributed by atoms with Gasteiger partial charge in [-0.15, -0.1) is 11.3 Å². The molecule has 2 N–H and O–H groups in total. The molecule has 134 valence electrons. The molecule has 1 fully saturated rings. The molecule has 0 bridgehead atoms. The lowest BCUT2D eigenvalue weighted by Gasteiger charge is -2.37. The highest BCUT2D eigenvalue weighted by molar-refractivity contribution is 7.10. The molecular formula is C19H26N4OS. The third kappa shape index (κ3) is 5.04. The summed E-state index contributed by atoms with van der Waals surface area (Å²) in [7, 11) is 2.16. The topological polar surface area (TPSA) is 47.6 Å². The van der Waals surface area contributed by atoms with Gasteiger partial charge < -0.3 is 15.5 Å². The number of hydrogen-bond acceptors (Lipinski definition) is 4. The number of benzene rings is 1. The van der Waals surface area contributed by atoms with Crippen LogP contribution in [-0.2, 0) is 0 Å². The van der Waals surface area contributed by atoms with E-state index in [0.29, 0.717) is 6.54 Å². The van der Waals surface area contributed by atoms with Crippen LogP contribution in [-0.4, -0.2) is 55.6 Å². The van der Waals surface area contributed by atoms with Crippen LogP contribution < -0.4 is 10.6 Å². The van der Waals surface area contributed by atoms with Gasteiger partial charge in [0, 0.05) is 43.3 Å². The van der Waals surface area contributed by atoms with Gasteiger partial charge in [0.2, 0.25) is 0 Å². The first-order chi connectivity index (χ1) is 12.1. The molecule has 1 aliphatic heterocycles. The number of amides is 2. The fourth-order valence-electron chi connectivity index (χ4n) is 3.11. The van der Waals surface area contributed by atoms with E-state index in [4.69, 9.17) is 0 Å². The summed E-state index contributed by atoms with van der Waals surface area (Å²) in [4.78, 5) is 18.4. The monoisotopic (exact) mass is 358 g/mol. The van der Waals surface area contributed by atoms with Gasteiger partial charge in [0.25, 0.3) is 0 Å². The molecule has 1 atom stereocenters. The van der Waals surface area contributed by atoms with E-state index in [9.17, 15) is 4.79 Å². The summed E-state index contributed by atoms with van der Waals surface area (Å²) in [5, 5.41) is 8.07. The average molecular weight is 359 g/mol. The third-order valence-corrected chi connectivity index (χ3v) is 5.56. The molecule has 6 heteroatoms. The maximum Gasteiger partial charge on any atom is 0.319 e. The molecule has 1 aromatic carbocycles. The summed E-state index contributed by atoms with van der Waals surface area (Å²) in [6.07, 6.45) is 0. The molecule has 3 rings (SSSR count). The van der Waals surface area contributed by atoms with Gasteiger partial charge in [0.1, 0.15) is 0 Å². The summed E-state index contributed by atoms with van der Waals surface area (Å²) >= 11 is 1.76. The van der Waals surface area contributed by atoms with Crippen molar-refractivity contribution in [2.45, 2.75) is 13.0 Å². The number of carbonyl (C=O) groups excluding carboxylic acids is 1. The van der Waals surface area contributed by atoms with E-state index >= 15 is 0 Å². The fraction of sp³-hybridized carbons (Fsp3) is 0.421. The van der Waals surface area contributed by atoms with Gasteiger partial charge in [-0.2, -0.15) is 0 Å². The number of carbonyl (C=O) groups is 1. The Morgan fingerprint density at radius 2 is 2.00 bits per heavy atom. The van der Waals surface area contributed by atoms with E-state index in [1.54, 1.807) is 11.3 Å². The minimum absolute atomic E-state index is 0.152. The van der Waals surface area contributed by atoms with Crippen molar-refractivity contribution in [2.75, 3.05) is 45.1 Å². The van der Waals surface area contributed by atoms with Gasteiger partial charge in [0.15, 0.2) is 0 Å². The van der Waals surface area contributed by atoms with Gasteiger partial charge in [-0.1, -0.05) is 18.2 Å². The standard InChI is InChI=1S/C19H26N4OS/c1-15-5-3-6-16(13-15)21-19(24)20-14-17(18-7-4-12-25-18)23-10-8-22(2)9-11-23/h3-7,12-13,17H,8-11,14H2,1-2H3,(H2,20,21,24). The summed E-state index contributed by atoms with van der Waals surface area (Å²) < 4.78 is 0. The van der Waals surface area contributed by atoms with Gasteiger partial charge in [-0.05, 0) is 43.1 Å². The highest BCUT2D eigenvalue weighted by Crippen LogP contribution is 2.25. The maximum absolute atomic E-state index is 12.3. The van der Waals surface area contributed by atoms with Crippen LogP contribution in [0.2, 0.25) is 0 Å². The molecule has 1 saturated heterocycles. The van der Waals surface area contributed by atoms with Crippen LogP contribution in [0.25, 0.3) is 0 Å². The Morgan fingerprint density at radius 1 is 1.20 bits per heavy atom. The van der Waals surface area contributed by atoms with E-state index in [1.165, 1.54) is 4.88 Å². The number of rotatable bonds is 5. The minimum atomic E-state index is -0.152. The first-order valence-electron chi connectivity index (χ1n) is 8.69. The quantitative estimate of drug-likeness (QED) is 0.863. The summed E-state index contributed by atoms with van der Waals surface area (Å²) in [6, 6.07) is 12.2. The minimum Gasteiger partial charge on any atom is -0.336 e. The Bertz CT molecular complexity index is 680. The molecule has 1 unspecified atom stereocenters. The number of aryl methyl sites for hydroxylation is 1. The van der Waals surface area contributed by atoms with Crippen LogP contribution in [0, 0.1) is 6.92 Å². The molecule has 2 aromatic rings. The second-order valence-corrected chi connectivity index (χ2v) is 7.55. The van der Waals surface area contributed by atoms with E-state index < -0.39 is 0 Å². The predicted molar refractivity (Wildman–Crippen MR) is 104 cm³/mol. The van der Waals surface area contributed by atoms with E-state index in [0.717, 1.165) is 37.4 Å². The molecule has 25 heavy (non-hydrogen) atoms. The van der Waals surface area contributed by atoms with Crippen molar-refractivity contribution in [3.63, 3.8) is 0 Å². The Labute approximate surface area is 153 Å². The summed E-state index contributed by atoms with van der Waals surface area (Å²) in [5.74, 6) is 0. The van der Waals surface area contributed by atoms with Crippen molar-refractivity contribution in [2.24, 2.45) is 0 Å². The van der Waals surface area contributed by atoms with Crippen LogP contribution in [0.1, 0.15) is 16.5 Å². The van der Waals surface area contributed by atoms with Crippen LogP contribution in [0.15, 0.2) is 41.8 Å². The van der Waals surface area contributed by atoms with Crippen LogP contribution in [0.5, 0.6) is 0 Å². The zero-order chi connectivity index (χ0) is 17.6. The molecule has 0 aliphatic carbocycles. The Hall–Kier alpha value is -1.89. The molecule has 0 radical (unpaired) electrons. The zero-order valence-electron chi connectivity index (χ0n) is 14.9. The number of anilines is 1. The fourth-order valence-corrected chi connectivity index (χ4v) is 3.97. The molecule has 2 amide bonds. The van der Waals surface area contributed by atoms with Gasteiger partial charge in [-0.25, -0.2) is 4.79 Å². The molecule has 1 aliphatic rings. The lowest BCUT2D eigenvalue weighted by atomic mass is 10.1. The number of hydrogen-bond donors (Lipinski definition) is 2. The van der Waals surface area contributed by atoms with Crippen molar-refractivity contribution in [1.29, 1.82) is 0 Å². The van der Waals surface area contributed by atoms with Gasteiger partial charge in [0.05, 0.1) is 6.04 Å².